The Morgan fingerprint density at radius 1 is 0.611 bits per heavy atom. The Morgan fingerprint density at radius 2 is 1.03 bits per heavy atom. The summed E-state index contributed by atoms with van der Waals surface area (Å²) in [6.07, 6.45) is 28.4. The third-order valence-electron chi connectivity index (χ3n) is 6.56. The van der Waals surface area contributed by atoms with Gasteiger partial charge in [0.1, 0.15) is 6.61 Å². The van der Waals surface area contributed by atoms with Crippen LogP contribution in [0.3, 0.4) is 0 Å². The van der Waals surface area contributed by atoms with E-state index in [2.05, 4.69) is 26.0 Å². The number of aliphatic hydroxyl groups excluding tert-OH is 1. The van der Waals surface area contributed by atoms with E-state index < -0.39 is 6.10 Å². The summed E-state index contributed by atoms with van der Waals surface area (Å²) in [5, 5.41) is 9.44. The highest BCUT2D eigenvalue weighted by Crippen LogP contribution is 2.12. The first kappa shape index (κ1) is 34.6. The molecule has 0 spiro atoms. The summed E-state index contributed by atoms with van der Waals surface area (Å²) in [5.74, 6) is -0.604. The fourth-order valence-electron chi connectivity index (χ4n) is 4.19. The summed E-state index contributed by atoms with van der Waals surface area (Å²) in [6.45, 7) is 4.07. The van der Waals surface area contributed by atoms with Gasteiger partial charge in [0.25, 0.3) is 0 Å². The number of rotatable bonds is 27. The molecular weight excluding hydrogens is 452 g/mol. The van der Waals surface area contributed by atoms with Gasteiger partial charge in [-0.1, -0.05) is 116 Å². The van der Waals surface area contributed by atoms with E-state index in [0.717, 1.165) is 44.9 Å². The lowest BCUT2D eigenvalue weighted by atomic mass is 10.1. The number of unbranched alkanes of at least 4 members (excludes halogenated alkanes) is 17. The van der Waals surface area contributed by atoms with Crippen molar-refractivity contribution in [1.82, 2.24) is 0 Å². The van der Waals surface area contributed by atoms with Gasteiger partial charge >= 0.3 is 11.9 Å². The molecule has 0 fully saturated rings. The first-order valence-electron chi connectivity index (χ1n) is 15.2. The predicted octanol–water partition coefficient (Wildman–Crippen LogP) is 8.61. The zero-order chi connectivity index (χ0) is 26.5. The van der Waals surface area contributed by atoms with Crippen molar-refractivity contribution in [3.05, 3.63) is 12.2 Å². The highest BCUT2D eigenvalue weighted by molar-refractivity contribution is 5.70. The molecule has 0 aliphatic heterocycles. The second-order valence-electron chi connectivity index (χ2n) is 10.2. The van der Waals surface area contributed by atoms with Crippen molar-refractivity contribution < 1.29 is 24.2 Å². The number of aliphatic hydroxyl groups is 1. The lowest BCUT2D eigenvalue weighted by Gasteiger charge is -2.15. The average molecular weight is 511 g/mol. The van der Waals surface area contributed by atoms with Crippen LogP contribution < -0.4 is 0 Å². The second kappa shape index (κ2) is 28.2. The van der Waals surface area contributed by atoms with Crippen molar-refractivity contribution in [1.29, 1.82) is 0 Å². The molecule has 0 rings (SSSR count). The van der Waals surface area contributed by atoms with Crippen molar-refractivity contribution >= 4 is 11.9 Å². The summed E-state index contributed by atoms with van der Waals surface area (Å²) >= 11 is 0. The third kappa shape index (κ3) is 25.7. The number of allylic oxidation sites excluding steroid dienone is 2. The molecule has 0 aliphatic rings. The van der Waals surface area contributed by atoms with Gasteiger partial charge in [-0.15, -0.1) is 0 Å². The lowest BCUT2D eigenvalue weighted by Crippen LogP contribution is -2.28. The molecule has 0 saturated carbocycles. The molecule has 0 saturated heterocycles. The van der Waals surface area contributed by atoms with E-state index >= 15 is 0 Å². The molecular formula is C31H58O5. The lowest BCUT2D eigenvalue weighted by molar-refractivity contribution is -0.161. The summed E-state index contributed by atoms with van der Waals surface area (Å²) in [4.78, 5) is 23.9. The molecule has 1 atom stereocenters. The van der Waals surface area contributed by atoms with Crippen LogP contribution in [0.1, 0.15) is 155 Å². The monoisotopic (exact) mass is 510 g/mol. The number of hydrogen-bond donors (Lipinski definition) is 1. The van der Waals surface area contributed by atoms with Gasteiger partial charge in [-0.2, -0.15) is 0 Å². The van der Waals surface area contributed by atoms with Crippen LogP contribution in [0.25, 0.3) is 0 Å². The van der Waals surface area contributed by atoms with Gasteiger partial charge < -0.3 is 14.6 Å². The second-order valence-corrected chi connectivity index (χ2v) is 10.2. The molecule has 0 unspecified atom stereocenters. The van der Waals surface area contributed by atoms with E-state index in [1.807, 2.05) is 0 Å². The molecule has 0 aromatic heterocycles. The average Bonchev–Trinajstić information content (AvgIpc) is 2.88. The largest absolute Gasteiger partial charge is 0.462 e. The molecule has 0 aromatic rings. The number of carbonyl (C=O) groups excluding carboxylic acids is 2. The number of carbonyl (C=O) groups is 2. The van der Waals surface area contributed by atoms with Crippen LogP contribution in [0.2, 0.25) is 0 Å². The van der Waals surface area contributed by atoms with Crippen molar-refractivity contribution in [3.8, 4) is 0 Å². The molecule has 5 nitrogen and oxygen atoms in total. The Balaban J connectivity index is 3.59. The van der Waals surface area contributed by atoms with Crippen LogP contribution in [0.15, 0.2) is 12.2 Å². The van der Waals surface area contributed by atoms with Crippen LogP contribution in [-0.4, -0.2) is 36.4 Å². The first-order valence-corrected chi connectivity index (χ1v) is 15.2. The maximum Gasteiger partial charge on any atom is 0.306 e. The minimum absolute atomic E-state index is 0.0660. The molecule has 0 aromatic carbocycles. The van der Waals surface area contributed by atoms with Crippen molar-refractivity contribution in [2.24, 2.45) is 0 Å². The van der Waals surface area contributed by atoms with Crippen molar-refractivity contribution in [2.45, 2.75) is 161 Å². The SMILES string of the molecule is CCCCCCC/C=C/CCCCCCCC(=O)OC[C@H](CO)OC(=O)CCCCCCCCCC. The molecule has 5 heteroatoms. The Hall–Kier alpha value is -1.36. The van der Waals surface area contributed by atoms with E-state index in [4.69, 9.17) is 9.47 Å². The topological polar surface area (TPSA) is 72.8 Å². The Labute approximate surface area is 222 Å². The van der Waals surface area contributed by atoms with Gasteiger partial charge in [0.2, 0.25) is 0 Å². The highest BCUT2D eigenvalue weighted by atomic mass is 16.6. The molecule has 0 aliphatic carbocycles. The minimum Gasteiger partial charge on any atom is -0.462 e. The highest BCUT2D eigenvalue weighted by Gasteiger charge is 2.16. The van der Waals surface area contributed by atoms with E-state index in [1.165, 1.54) is 83.5 Å². The fourth-order valence-corrected chi connectivity index (χ4v) is 4.19. The standard InChI is InChI=1S/C31H58O5/c1-3-5-7-9-11-13-14-15-16-17-18-20-21-23-25-30(33)35-28-29(27-32)36-31(34)26-24-22-19-12-10-8-6-4-2/h14-15,29,32H,3-13,16-28H2,1-2H3/b15-14+/t29-/m0/s1. The van der Waals surface area contributed by atoms with E-state index in [9.17, 15) is 14.7 Å². The van der Waals surface area contributed by atoms with Crippen LogP contribution in [0.4, 0.5) is 0 Å². The fraction of sp³-hybridized carbons (Fsp3) is 0.871. The smallest absolute Gasteiger partial charge is 0.306 e. The van der Waals surface area contributed by atoms with Crippen LogP contribution in [0, 0.1) is 0 Å². The molecule has 36 heavy (non-hydrogen) atoms. The van der Waals surface area contributed by atoms with E-state index in [-0.39, 0.29) is 25.2 Å². The summed E-state index contributed by atoms with van der Waals surface area (Å²) in [6, 6.07) is 0. The van der Waals surface area contributed by atoms with Gasteiger partial charge in [0.15, 0.2) is 6.10 Å². The van der Waals surface area contributed by atoms with Gasteiger partial charge in [-0.25, -0.2) is 0 Å². The van der Waals surface area contributed by atoms with Gasteiger partial charge in [0, 0.05) is 12.8 Å². The minimum atomic E-state index is -0.764. The number of esters is 2. The number of ether oxygens (including phenoxy) is 2. The van der Waals surface area contributed by atoms with Gasteiger partial charge in [-0.05, 0) is 38.5 Å². The van der Waals surface area contributed by atoms with E-state index in [1.54, 1.807) is 0 Å². The zero-order valence-corrected chi connectivity index (χ0v) is 23.8. The molecule has 0 radical (unpaired) electrons. The summed E-state index contributed by atoms with van der Waals surface area (Å²) in [7, 11) is 0. The summed E-state index contributed by atoms with van der Waals surface area (Å²) < 4.78 is 10.5. The maximum atomic E-state index is 12.0. The van der Waals surface area contributed by atoms with Gasteiger partial charge in [-0.3, -0.25) is 9.59 Å². The Morgan fingerprint density at radius 3 is 1.50 bits per heavy atom. The molecule has 0 amide bonds. The van der Waals surface area contributed by atoms with Crippen LogP contribution >= 0.6 is 0 Å². The Bertz CT molecular complexity index is 517. The Kier molecular flexibility index (Phi) is 27.1. The zero-order valence-electron chi connectivity index (χ0n) is 23.8. The normalized spacial score (nSPS) is 12.2. The maximum absolute atomic E-state index is 12.0. The van der Waals surface area contributed by atoms with E-state index in [0.29, 0.717) is 12.8 Å². The summed E-state index contributed by atoms with van der Waals surface area (Å²) in [5.41, 5.74) is 0. The van der Waals surface area contributed by atoms with Crippen LogP contribution in [0.5, 0.6) is 0 Å². The molecule has 212 valence electrons. The molecule has 0 heterocycles. The quantitative estimate of drug-likeness (QED) is 0.0680. The van der Waals surface area contributed by atoms with Crippen molar-refractivity contribution in [3.63, 3.8) is 0 Å². The van der Waals surface area contributed by atoms with Gasteiger partial charge in [0.05, 0.1) is 6.61 Å². The van der Waals surface area contributed by atoms with Crippen LogP contribution in [-0.2, 0) is 19.1 Å². The van der Waals surface area contributed by atoms with Crippen molar-refractivity contribution in [2.75, 3.05) is 13.2 Å². The first-order chi connectivity index (χ1) is 17.6. The molecule has 1 N–H and O–H groups in total. The molecule has 0 bridgehead atoms. The third-order valence-corrected chi connectivity index (χ3v) is 6.56. The number of hydrogen-bond acceptors (Lipinski definition) is 5. The predicted molar refractivity (Wildman–Crippen MR) is 150 cm³/mol.